The molecule has 0 radical (unpaired) electrons. The second kappa shape index (κ2) is 5.43. The van der Waals surface area contributed by atoms with E-state index in [9.17, 15) is 4.79 Å². The topological polar surface area (TPSA) is 55.1 Å². The first-order valence-electron chi connectivity index (χ1n) is 6.66. The van der Waals surface area contributed by atoms with Gasteiger partial charge in [0.15, 0.2) is 0 Å². The first-order valence-corrected chi connectivity index (χ1v) is 6.66. The SMILES string of the molecule is CC(CC(=O)O)Cc1nc2ccccc2n1C(C)C. The van der Waals surface area contributed by atoms with Crippen molar-refractivity contribution >= 4 is 17.0 Å². The second-order valence-electron chi connectivity index (χ2n) is 5.39. The van der Waals surface area contributed by atoms with E-state index in [1.54, 1.807) is 0 Å². The number of carboxylic acids is 1. The van der Waals surface area contributed by atoms with E-state index in [0.717, 1.165) is 16.9 Å². The third-order valence-corrected chi connectivity index (χ3v) is 3.24. The van der Waals surface area contributed by atoms with Crippen molar-refractivity contribution in [1.29, 1.82) is 0 Å². The first-order chi connectivity index (χ1) is 8.99. The number of rotatable bonds is 5. The normalized spacial score (nSPS) is 13.1. The van der Waals surface area contributed by atoms with E-state index in [1.165, 1.54) is 0 Å². The third-order valence-electron chi connectivity index (χ3n) is 3.24. The molecule has 1 aromatic heterocycles. The van der Waals surface area contributed by atoms with E-state index >= 15 is 0 Å². The standard InChI is InChI=1S/C15H20N2O2/c1-10(2)17-13-7-5-4-6-12(13)16-14(17)8-11(3)9-15(18)19/h4-7,10-11H,8-9H2,1-3H3,(H,18,19). The zero-order valence-corrected chi connectivity index (χ0v) is 11.6. The van der Waals surface area contributed by atoms with Gasteiger partial charge in [0, 0.05) is 18.9 Å². The summed E-state index contributed by atoms with van der Waals surface area (Å²) in [6, 6.07) is 8.37. The summed E-state index contributed by atoms with van der Waals surface area (Å²) in [4.78, 5) is 15.4. The summed E-state index contributed by atoms with van der Waals surface area (Å²) in [6.07, 6.45) is 0.875. The summed E-state index contributed by atoms with van der Waals surface area (Å²) in [6.45, 7) is 6.21. The molecule has 2 rings (SSSR count). The van der Waals surface area contributed by atoms with E-state index in [1.807, 2.05) is 25.1 Å². The summed E-state index contributed by atoms with van der Waals surface area (Å²) < 4.78 is 2.20. The lowest BCUT2D eigenvalue weighted by molar-refractivity contribution is -0.137. The molecular weight excluding hydrogens is 240 g/mol. The Bertz CT molecular complexity index is 587. The lowest BCUT2D eigenvalue weighted by atomic mass is 10.0. The lowest BCUT2D eigenvalue weighted by Gasteiger charge is -2.15. The highest BCUT2D eigenvalue weighted by atomic mass is 16.4. The minimum absolute atomic E-state index is 0.0896. The highest BCUT2D eigenvalue weighted by molar-refractivity contribution is 5.76. The summed E-state index contributed by atoms with van der Waals surface area (Å²) in [5, 5.41) is 8.85. The molecule has 0 saturated carbocycles. The Morgan fingerprint density at radius 1 is 1.32 bits per heavy atom. The van der Waals surface area contributed by atoms with Crippen LogP contribution in [-0.4, -0.2) is 20.6 Å². The van der Waals surface area contributed by atoms with Crippen molar-refractivity contribution in [1.82, 2.24) is 9.55 Å². The van der Waals surface area contributed by atoms with Crippen LogP contribution in [0.5, 0.6) is 0 Å². The van der Waals surface area contributed by atoms with Crippen LogP contribution in [0.4, 0.5) is 0 Å². The van der Waals surface area contributed by atoms with Crippen molar-refractivity contribution in [2.24, 2.45) is 5.92 Å². The molecule has 1 unspecified atom stereocenters. The van der Waals surface area contributed by atoms with Gasteiger partial charge in [-0.25, -0.2) is 4.98 Å². The van der Waals surface area contributed by atoms with Crippen molar-refractivity contribution < 1.29 is 9.90 Å². The molecule has 0 spiro atoms. The molecule has 0 amide bonds. The molecule has 4 heteroatoms. The van der Waals surface area contributed by atoms with Crippen molar-refractivity contribution in [3.05, 3.63) is 30.1 Å². The molecular formula is C15H20N2O2. The van der Waals surface area contributed by atoms with Crippen molar-refractivity contribution in [2.75, 3.05) is 0 Å². The fraction of sp³-hybridized carbons (Fsp3) is 0.467. The zero-order valence-electron chi connectivity index (χ0n) is 11.6. The van der Waals surface area contributed by atoms with Crippen LogP contribution >= 0.6 is 0 Å². The highest BCUT2D eigenvalue weighted by Gasteiger charge is 2.16. The average Bonchev–Trinajstić information content (AvgIpc) is 2.64. The van der Waals surface area contributed by atoms with Gasteiger partial charge in [-0.15, -0.1) is 0 Å². The molecule has 0 saturated heterocycles. The monoisotopic (exact) mass is 260 g/mol. The number of benzene rings is 1. The summed E-state index contributed by atoms with van der Waals surface area (Å²) in [5.41, 5.74) is 2.10. The van der Waals surface area contributed by atoms with Gasteiger partial charge in [0.2, 0.25) is 0 Å². The van der Waals surface area contributed by atoms with E-state index in [2.05, 4.69) is 29.5 Å². The number of nitrogens with zero attached hydrogens (tertiary/aromatic N) is 2. The first kappa shape index (κ1) is 13.6. The largest absolute Gasteiger partial charge is 0.481 e. The van der Waals surface area contributed by atoms with Crippen LogP contribution in [0, 0.1) is 5.92 Å². The molecule has 0 fully saturated rings. The predicted octanol–water partition coefficient (Wildman–Crippen LogP) is 3.27. The van der Waals surface area contributed by atoms with Crippen LogP contribution in [-0.2, 0) is 11.2 Å². The quantitative estimate of drug-likeness (QED) is 0.897. The predicted molar refractivity (Wildman–Crippen MR) is 75.2 cm³/mol. The van der Waals surface area contributed by atoms with Crippen LogP contribution < -0.4 is 0 Å². The highest BCUT2D eigenvalue weighted by Crippen LogP contribution is 2.23. The summed E-state index contributed by atoms with van der Waals surface area (Å²) in [5.74, 6) is 0.316. The Balaban J connectivity index is 2.36. The third kappa shape index (κ3) is 2.95. The Kier molecular flexibility index (Phi) is 3.88. The number of aromatic nitrogens is 2. The maximum Gasteiger partial charge on any atom is 0.303 e. The van der Waals surface area contributed by atoms with Gasteiger partial charge in [-0.3, -0.25) is 4.79 Å². The summed E-state index contributed by atoms with van der Waals surface area (Å²) in [7, 11) is 0. The van der Waals surface area contributed by atoms with Gasteiger partial charge in [-0.05, 0) is 31.9 Å². The molecule has 4 nitrogen and oxygen atoms in total. The molecule has 102 valence electrons. The van der Waals surface area contributed by atoms with Gasteiger partial charge >= 0.3 is 5.97 Å². The van der Waals surface area contributed by atoms with Crippen LogP contribution in [0.2, 0.25) is 0 Å². The average molecular weight is 260 g/mol. The smallest absolute Gasteiger partial charge is 0.303 e. The molecule has 0 bridgehead atoms. The Labute approximate surface area is 113 Å². The number of carbonyl (C=O) groups is 1. The number of hydrogen-bond acceptors (Lipinski definition) is 2. The lowest BCUT2D eigenvalue weighted by Crippen LogP contribution is -2.13. The maximum atomic E-state index is 10.8. The van der Waals surface area contributed by atoms with Crippen LogP contribution in [0.15, 0.2) is 24.3 Å². The van der Waals surface area contributed by atoms with Gasteiger partial charge in [0.25, 0.3) is 0 Å². The van der Waals surface area contributed by atoms with Crippen LogP contribution in [0.3, 0.4) is 0 Å². The Morgan fingerprint density at radius 3 is 2.63 bits per heavy atom. The molecule has 0 aliphatic heterocycles. The number of fused-ring (bicyclic) bond motifs is 1. The minimum atomic E-state index is -0.750. The van der Waals surface area contributed by atoms with E-state index < -0.39 is 5.97 Å². The molecule has 0 aliphatic rings. The molecule has 19 heavy (non-hydrogen) atoms. The molecule has 1 heterocycles. The van der Waals surface area contributed by atoms with Crippen LogP contribution in [0.25, 0.3) is 11.0 Å². The van der Waals surface area contributed by atoms with E-state index in [4.69, 9.17) is 5.11 Å². The Hall–Kier alpha value is -1.84. The van der Waals surface area contributed by atoms with E-state index in [-0.39, 0.29) is 12.3 Å². The number of carboxylic acid groups (broad SMARTS) is 1. The number of hydrogen-bond donors (Lipinski definition) is 1. The van der Waals surface area contributed by atoms with Gasteiger partial charge in [0.1, 0.15) is 5.82 Å². The molecule has 1 N–H and O–H groups in total. The van der Waals surface area contributed by atoms with Crippen molar-refractivity contribution in [3.63, 3.8) is 0 Å². The number of aliphatic carboxylic acids is 1. The van der Waals surface area contributed by atoms with Gasteiger partial charge in [-0.1, -0.05) is 19.1 Å². The maximum absolute atomic E-state index is 10.8. The minimum Gasteiger partial charge on any atom is -0.481 e. The fourth-order valence-corrected chi connectivity index (χ4v) is 2.50. The second-order valence-corrected chi connectivity index (χ2v) is 5.39. The summed E-state index contributed by atoms with van der Waals surface area (Å²) >= 11 is 0. The van der Waals surface area contributed by atoms with Gasteiger partial charge < -0.3 is 9.67 Å². The van der Waals surface area contributed by atoms with Gasteiger partial charge in [0.05, 0.1) is 11.0 Å². The molecule has 1 atom stereocenters. The number of para-hydroxylation sites is 2. The van der Waals surface area contributed by atoms with Crippen LogP contribution in [0.1, 0.15) is 39.1 Å². The molecule has 1 aromatic carbocycles. The van der Waals surface area contributed by atoms with Crippen molar-refractivity contribution in [3.8, 4) is 0 Å². The van der Waals surface area contributed by atoms with E-state index in [0.29, 0.717) is 12.5 Å². The zero-order chi connectivity index (χ0) is 14.0. The van der Waals surface area contributed by atoms with Gasteiger partial charge in [-0.2, -0.15) is 0 Å². The number of imidazole rings is 1. The fourth-order valence-electron chi connectivity index (χ4n) is 2.50. The van der Waals surface area contributed by atoms with Crippen molar-refractivity contribution in [2.45, 2.75) is 39.7 Å². The molecule has 0 aliphatic carbocycles. The Morgan fingerprint density at radius 2 is 2.00 bits per heavy atom. The molecule has 2 aromatic rings.